The molecule has 2 aromatic rings. The molecule has 0 saturated heterocycles. The number of anilines is 2. The predicted octanol–water partition coefficient (Wildman–Crippen LogP) is 2.54. The average Bonchev–Trinajstić information content (AvgIpc) is 3.26. The highest BCUT2D eigenvalue weighted by Crippen LogP contribution is 2.35. The van der Waals surface area contributed by atoms with Crippen LogP contribution in [0.2, 0.25) is 0 Å². The molecule has 1 heterocycles. The van der Waals surface area contributed by atoms with Gasteiger partial charge >= 0.3 is 0 Å². The fourth-order valence-electron chi connectivity index (χ4n) is 2.34. The van der Waals surface area contributed by atoms with Crippen LogP contribution < -0.4 is 11.1 Å². The third-order valence-corrected chi connectivity index (χ3v) is 3.73. The number of nitrogens with one attached hydrogen (secondary N) is 1. The van der Waals surface area contributed by atoms with Crippen molar-refractivity contribution in [2.75, 3.05) is 11.1 Å². The Morgan fingerprint density at radius 1 is 1.40 bits per heavy atom. The standard InChI is InChI=1S/C15H17N5/c1-10(11-7-8-11)18-15-13(9-16)14(17)20(19-15)12-5-3-2-4-6-12/h2-6,10-11H,7-8,17H2,1H3,(H,18,19). The molecule has 1 fully saturated rings. The zero-order chi connectivity index (χ0) is 14.1. The molecule has 1 aliphatic carbocycles. The Balaban J connectivity index is 1.97. The molecule has 1 aliphatic rings. The van der Waals surface area contributed by atoms with Gasteiger partial charge in [0.15, 0.2) is 5.82 Å². The third-order valence-electron chi connectivity index (χ3n) is 3.73. The summed E-state index contributed by atoms with van der Waals surface area (Å²) >= 11 is 0. The summed E-state index contributed by atoms with van der Waals surface area (Å²) in [6.07, 6.45) is 2.48. The fraction of sp³-hybridized carbons (Fsp3) is 0.333. The highest BCUT2D eigenvalue weighted by Gasteiger charge is 2.29. The van der Waals surface area contributed by atoms with Crippen LogP contribution in [0.4, 0.5) is 11.6 Å². The van der Waals surface area contributed by atoms with E-state index >= 15 is 0 Å². The predicted molar refractivity (Wildman–Crippen MR) is 78.5 cm³/mol. The van der Waals surface area contributed by atoms with Crippen molar-refractivity contribution in [3.8, 4) is 11.8 Å². The summed E-state index contributed by atoms with van der Waals surface area (Å²) < 4.78 is 1.61. The zero-order valence-electron chi connectivity index (χ0n) is 11.4. The van der Waals surface area contributed by atoms with Gasteiger partial charge in [-0.1, -0.05) is 18.2 Å². The lowest BCUT2D eigenvalue weighted by Gasteiger charge is -2.11. The Bertz CT molecular complexity index is 649. The smallest absolute Gasteiger partial charge is 0.168 e. The summed E-state index contributed by atoms with van der Waals surface area (Å²) in [6.45, 7) is 2.12. The molecule has 1 saturated carbocycles. The minimum Gasteiger partial charge on any atom is -0.382 e. The second-order valence-electron chi connectivity index (χ2n) is 5.24. The molecule has 102 valence electrons. The van der Waals surface area contributed by atoms with E-state index in [1.807, 2.05) is 30.3 Å². The van der Waals surface area contributed by atoms with Gasteiger partial charge in [-0.15, -0.1) is 5.10 Å². The number of aromatic nitrogens is 2. The first-order chi connectivity index (χ1) is 9.70. The molecule has 1 unspecified atom stereocenters. The first kappa shape index (κ1) is 12.5. The van der Waals surface area contributed by atoms with E-state index in [4.69, 9.17) is 5.73 Å². The first-order valence-corrected chi connectivity index (χ1v) is 6.81. The number of hydrogen-bond donors (Lipinski definition) is 2. The van der Waals surface area contributed by atoms with Gasteiger partial charge in [0, 0.05) is 6.04 Å². The molecule has 0 spiro atoms. The van der Waals surface area contributed by atoms with Crippen LogP contribution in [0.1, 0.15) is 25.3 Å². The molecular weight excluding hydrogens is 250 g/mol. The van der Waals surface area contributed by atoms with E-state index in [1.165, 1.54) is 12.8 Å². The average molecular weight is 267 g/mol. The van der Waals surface area contributed by atoms with Crippen LogP contribution >= 0.6 is 0 Å². The van der Waals surface area contributed by atoms with Gasteiger partial charge in [-0.3, -0.25) is 0 Å². The van der Waals surface area contributed by atoms with E-state index in [0.717, 1.165) is 5.69 Å². The van der Waals surface area contributed by atoms with Crippen molar-refractivity contribution in [1.29, 1.82) is 5.26 Å². The van der Waals surface area contributed by atoms with Crippen LogP contribution in [0.3, 0.4) is 0 Å². The lowest BCUT2D eigenvalue weighted by Crippen LogP contribution is -2.18. The minimum absolute atomic E-state index is 0.320. The largest absolute Gasteiger partial charge is 0.382 e. The quantitative estimate of drug-likeness (QED) is 0.892. The van der Waals surface area contributed by atoms with Gasteiger partial charge in [-0.2, -0.15) is 5.26 Å². The number of rotatable bonds is 4. The molecule has 0 aliphatic heterocycles. The van der Waals surface area contributed by atoms with Gasteiger partial charge in [0.2, 0.25) is 0 Å². The highest BCUT2D eigenvalue weighted by atomic mass is 15.4. The van der Waals surface area contributed by atoms with Crippen molar-refractivity contribution in [3.05, 3.63) is 35.9 Å². The van der Waals surface area contributed by atoms with Gasteiger partial charge in [-0.25, -0.2) is 4.68 Å². The van der Waals surface area contributed by atoms with Gasteiger partial charge in [0.05, 0.1) is 5.69 Å². The Kier molecular flexibility index (Phi) is 3.07. The number of nitrogens with two attached hydrogens (primary N) is 1. The SMILES string of the molecule is CC(Nc1nn(-c2ccccc2)c(N)c1C#N)C1CC1. The fourth-order valence-corrected chi connectivity index (χ4v) is 2.34. The second-order valence-corrected chi connectivity index (χ2v) is 5.24. The van der Waals surface area contributed by atoms with Crippen molar-refractivity contribution >= 4 is 11.6 Å². The van der Waals surface area contributed by atoms with Gasteiger partial charge < -0.3 is 11.1 Å². The monoisotopic (exact) mass is 267 g/mol. The summed E-state index contributed by atoms with van der Waals surface area (Å²) in [5, 5.41) is 17.1. The third kappa shape index (κ3) is 2.21. The van der Waals surface area contributed by atoms with Crippen LogP contribution in [0.5, 0.6) is 0 Å². The van der Waals surface area contributed by atoms with E-state index in [-0.39, 0.29) is 0 Å². The molecule has 3 N–H and O–H groups in total. The molecule has 0 amide bonds. The van der Waals surface area contributed by atoms with E-state index < -0.39 is 0 Å². The van der Waals surface area contributed by atoms with Crippen molar-refractivity contribution in [2.24, 2.45) is 5.92 Å². The Labute approximate surface area is 118 Å². The molecule has 1 aromatic carbocycles. The second kappa shape index (κ2) is 4.89. The number of nitrogens with zero attached hydrogens (tertiary/aromatic N) is 3. The Morgan fingerprint density at radius 3 is 2.70 bits per heavy atom. The summed E-state index contributed by atoms with van der Waals surface area (Å²) in [7, 11) is 0. The summed E-state index contributed by atoms with van der Waals surface area (Å²) in [5.74, 6) is 1.64. The van der Waals surface area contributed by atoms with Crippen molar-refractivity contribution in [2.45, 2.75) is 25.8 Å². The lowest BCUT2D eigenvalue weighted by molar-refractivity contribution is 0.687. The maximum Gasteiger partial charge on any atom is 0.168 e. The van der Waals surface area contributed by atoms with Crippen LogP contribution in [0.25, 0.3) is 5.69 Å². The normalized spacial score (nSPS) is 15.6. The molecule has 5 nitrogen and oxygen atoms in total. The van der Waals surface area contributed by atoms with E-state index in [0.29, 0.717) is 29.2 Å². The molecule has 3 rings (SSSR count). The maximum absolute atomic E-state index is 9.30. The maximum atomic E-state index is 9.30. The van der Waals surface area contributed by atoms with Crippen LogP contribution in [0.15, 0.2) is 30.3 Å². The number of benzene rings is 1. The Morgan fingerprint density at radius 2 is 2.10 bits per heavy atom. The molecule has 0 radical (unpaired) electrons. The van der Waals surface area contributed by atoms with E-state index in [9.17, 15) is 5.26 Å². The number of hydrogen-bond acceptors (Lipinski definition) is 4. The number of nitrogen functional groups attached to an aromatic ring is 1. The lowest BCUT2D eigenvalue weighted by atomic mass is 10.2. The zero-order valence-corrected chi connectivity index (χ0v) is 11.4. The van der Waals surface area contributed by atoms with Crippen LogP contribution in [0, 0.1) is 17.2 Å². The summed E-state index contributed by atoms with van der Waals surface area (Å²) in [5.41, 5.74) is 7.33. The molecule has 20 heavy (non-hydrogen) atoms. The van der Waals surface area contributed by atoms with Crippen molar-refractivity contribution in [1.82, 2.24) is 9.78 Å². The number of para-hydroxylation sites is 1. The van der Waals surface area contributed by atoms with Gasteiger partial charge in [0.1, 0.15) is 17.5 Å². The highest BCUT2D eigenvalue weighted by molar-refractivity contribution is 5.66. The topological polar surface area (TPSA) is 79.7 Å². The molecule has 5 heteroatoms. The molecular formula is C15H17N5. The Hall–Kier alpha value is -2.48. The van der Waals surface area contributed by atoms with Gasteiger partial charge in [-0.05, 0) is 37.8 Å². The van der Waals surface area contributed by atoms with Crippen LogP contribution in [-0.2, 0) is 0 Å². The summed E-state index contributed by atoms with van der Waals surface area (Å²) in [4.78, 5) is 0. The van der Waals surface area contributed by atoms with Crippen LogP contribution in [-0.4, -0.2) is 15.8 Å². The van der Waals surface area contributed by atoms with Crippen molar-refractivity contribution < 1.29 is 0 Å². The molecule has 1 atom stereocenters. The number of nitriles is 1. The summed E-state index contributed by atoms with van der Waals surface area (Å²) in [6, 6.07) is 12.1. The van der Waals surface area contributed by atoms with E-state index in [1.54, 1.807) is 4.68 Å². The van der Waals surface area contributed by atoms with E-state index in [2.05, 4.69) is 23.4 Å². The first-order valence-electron chi connectivity index (χ1n) is 6.81. The van der Waals surface area contributed by atoms with Gasteiger partial charge in [0.25, 0.3) is 0 Å². The van der Waals surface area contributed by atoms with Crippen molar-refractivity contribution in [3.63, 3.8) is 0 Å². The minimum atomic E-state index is 0.320. The molecule has 1 aromatic heterocycles. The molecule has 0 bridgehead atoms.